The van der Waals surface area contributed by atoms with Crippen molar-refractivity contribution in [2.24, 2.45) is 5.73 Å². The molecule has 0 radical (unpaired) electrons. The zero-order valence-electron chi connectivity index (χ0n) is 11.2. The van der Waals surface area contributed by atoms with Gasteiger partial charge >= 0.3 is 0 Å². The molecule has 4 N–H and O–H groups in total. The number of amides is 2. The summed E-state index contributed by atoms with van der Waals surface area (Å²) in [5.41, 5.74) is 5.14. The van der Waals surface area contributed by atoms with E-state index in [2.05, 4.69) is 10.6 Å². The molecule has 19 heavy (non-hydrogen) atoms. The number of hydrogen-bond donors (Lipinski definition) is 3. The smallest absolute Gasteiger partial charge is 0.254 e. The number of anilines is 1. The molecule has 0 aliphatic heterocycles. The minimum Gasteiger partial charge on any atom is -0.385 e. The molecule has 1 aromatic rings. The highest BCUT2D eigenvalue weighted by Gasteiger charge is 2.28. The number of primary amides is 1. The van der Waals surface area contributed by atoms with Crippen molar-refractivity contribution < 1.29 is 9.59 Å². The molecule has 0 spiro atoms. The largest absolute Gasteiger partial charge is 0.385 e. The van der Waals surface area contributed by atoms with E-state index in [1.165, 1.54) is 0 Å². The first-order chi connectivity index (χ1) is 8.77. The van der Waals surface area contributed by atoms with E-state index in [0.29, 0.717) is 22.8 Å². The van der Waals surface area contributed by atoms with E-state index in [9.17, 15) is 9.59 Å². The van der Waals surface area contributed by atoms with Crippen molar-refractivity contribution in [1.82, 2.24) is 5.32 Å². The molecule has 0 unspecified atom stereocenters. The predicted octanol–water partition coefficient (Wildman–Crippen LogP) is 1.77. The first kappa shape index (κ1) is 15.3. The SMILES string of the molecule is CCNc1ccc(Cl)cc1C(=O)NC(C)(C)C(N)=O. The molecule has 0 aliphatic rings. The standard InChI is InChI=1S/C13H18ClN3O2/c1-4-16-10-6-5-8(14)7-9(10)11(18)17-13(2,3)12(15)19/h5-7,16H,4H2,1-3H3,(H2,15,19)(H,17,18). The Bertz CT molecular complexity index is 501. The summed E-state index contributed by atoms with van der Waals surface area (Å²) in [6, 6.07) is 4.96. The second kappa shape index (κ2) is 5.93. The maximum atomic E-state index is 12.2. The fraction of sp³-hybridized carbons (Fsp3) is 0.385. The molecule has 0 heterocycles. The maximum Gasteiger partial charge on any atom is 0.254 e. The van der Waals surface area contributed by atoms with Crippen LogP contribution in [0.15, 0.2) is 18.2 Å². The third kappa shape index (κ3) is 3.86. The van der Waals surface area contributed by atoms with Crippen LogP contribution in [-0.2, 0) is 4.79 Å². The second-order valence-electron chi connectivity index (χ2n) is 4.66. The molecule has 6 heteroatoms. The van der Waals surface area contributed by atoms with Gasteiger partial charge in [0.2, 0.25) is 5.91 Å². The summed E-state index contributed by atoms with van der Waals surface area (Å²) >= 11 is 5.90. The van der Waals surface area contributed by atoms with Crippen LogP contribution in [0.3, 0.4) is 0 Å². The zero-order chi connectivity index (χ0) is 14.6. The van der Waals surface area contributed by atoms with Crippen LogP contribution in [0.25, 0.3) is 0 Å². The number of carbonyl (C=O) groups is 2. The van der Waals surface area contributed by atoms with Gasteiger partial charge in [0, 0.05) is 17.3 Å². The van der Waals surface area contributed by atoms with E-state index >= 15 is 0 Å². The zero-order valence-corrected chi connectivity index (χ0v) is 12.0. The molecule has 0 bridgehead atoms. The van der Waals surface area contributed by atoms with Gasteiger partial charge in [-0.05, 0) is 39.0 Å². The first-order valence-corrected chi connectivity index (χ1v) is 6.31. The van der Waals surface area contributed by atoms with Gasteiger partial charge in [-0.1, -0.05) is 11.6 Å². The average Bonchev–Trinajstić information content (AvgIpc) is 2.30. The Morgan fingerprint density at radius 2 is 2.00 bits per heavy atom. The van der Waals surface area contributed by atoms with Gasteiger partial charge in [0.05, 0.1) is 5.56 Å². The summed E-state index contributed by atoms with van der Waals surface area (Å²) < 4.78 is 0. The molecule has 0 aromatic heterocycles. The Morgan fingerprint density at radius 3 is 2.53 bits per heavy atom. The van der Waals surface area contributed by atoms with E-state index in [0.717, 1.165) is 0 Å². The molecular weight excluding hydrogens is 266 g/mol. The number of nitrogens with one attached hydrogen (secondary N) is 2. The fourth-order valence-electron chi connectivity index (χ4n) is 1.46. The number of hydrogen-bond acceptors (Lipinski definition) is 3. The number of carbonyl (C=O) groups excluding carboxylic acids is 2. The average molecular weight is 284 g/mol. The van der Waals surface area contributed by atoms with Crippen LogP contribution in [0.5, 0.6) is 0 Å². The quantitative estimate of drug-likeness (QED) is 0.770. The number of halogens is 1. The van der Waals surface area contributed by atoms with Crippen LogP contribution >= 0.6 is 11.6 Å². The van der Waals surface area contributed by atoms with Crippen molar-refractivity contribution >= 4 is 29.1 Å². The topological polar surface area (TPSA) is 84.2 Å². The van der Waals surface area contributed by atoms with Crippen LogP contribution in [-0.4, -0.2) is 23.9 Å². The van der Waals surface area contributed by atoms with Gasteiger partial charge in [-0.25, -0.2) is 0 Å². The van der Waals surface area contributed by atoms with E-state index in [4.69, 9.17) is 17.3 Å². The lowest BCUT2D eigenvalue weighted by atomic mass is 10.0. The highest BCUT2D eigenvalue weighted by atomic mass is 35.5. The molecule has 0 fully saturated rings. The summed E-state index contributed by atoms with van der Waals surface area (Å²) in [5, 5.41) is 6.10. The lowest BCUT2D eigenvalue weighted by molar-refractivity contribution is -0.122. The Labute approximate surface area is 117 Å². The van der Waals surface area contributed by atoms with Gasteiger partial charge in [0.1, 0.15) is 5.54 Å². The number of rotatable bonds is 5. The van der Waals surface area contributed by atoms with Crippen molar-refractivity contribution in [2.75, 3.05) is 11.9 Å². The van der Waals surface area contributed by atoms with Crippen LogP contribution < -0.4 is 16.4 Å². The molecule has 0 atom stereocenters. The van der Waals surface area contributed by atoms with Gasteiger partial charge in [-0.3, -0.25) is 9.59 Å². The van der Waals surface area contributed by atoms with Gasteiger partial charge in [-0.2, -0.15) is 0 Å². The van der Waals surface area contributed by atoms with Crippen molar-refractivity contribution in [2.45, 2.75) is 26.3 Å². The molecule has 0 saturated heterocycles. The highest BCUT2D eigenvalue weighted by molar-refractivity contribution is 6.31. The third-order valence-corrected chi connectivity index (χ3v) is 2.87. The van der Waals surface area contributed by atoms with Crippen LogP contribution in [0.1, 0.15) is 31.1 Å². The molecule has 1 rings (SSSR count). The van der Waals surface area contributed by atoms with E-state index in [1.807, 2.05) is 6.92 Å². The number of nitrogens with two attached hydrogens (primary N) is 1. The van der Waals surface area contributed by atoms with Gasteiger partial charge in [-0.15, -0.1) is 0 Å². The Balaban J connectivity index is 3.05. The fourth-order valence-corrected chi connectivity index (χ4v) is 1.63. The van der Waals surface area contributed by atoms with E-state index in [-0.39, 0.29) is 0 Å². The third-order valence-electron chi connectivity index (χ3n) is 2.64. The van der Waals surface area contributed by atoms with Crippen molar-refractivity contribution in [3.8, 4) is 0 Å². The Kier molecular flexibility index (Phi) is 4.78. The molecule has 0 aliphatic carbocycles. The summed E-state index contributed by atoms with van der Waals surface area (Å²) in [6.45, 7) is 5.68. The lowest BCUT2D eigenvalue weighted by Crippen LogP contribution is -2.53. The predicted molar refractivity (Wildman–Crippen MR) is 76.4 cm³/mol. The van der Waals surface area contributed by atoms with Crippen LogP contribution in [0.2, 0.25) is 5.02 Å². The highest BCUT2D eigenvalue weighted by Crippen LogP contribution is 2.21. The van der Waals surface area contributed by atoms with Crippen molar-refractivity contribution in [3.63, 3.8) is 0 Å². The Hall–Kier alpha value is -1.75. The molecule has 0 saturated carbocycles. The minimum absolute atomic E-state index is 0.378. The van der Waals surface area contributed by atoms with Gasteiger partial charge in [0.15, 0.2) is 0 Å². The van der Waals surface area contributed by atoms with Gasteiger partial charge < -0.3 is 16.4 Å². The van der Waals surface area contributed by atoms with Gasteiger partial charge in [0.25, 0.3) is 5.91 Å². The van der Waals surface area contributed by atoms with Crippen LogP contribution in [0, 0.1) is 0 Å². The summed E-state index contributed by atoms with van der Waals surface area (Å²) in [7, 11) is 0. The molecule has 104 valence electrons. The summed E-state index contributed by atoms with van der Waals surface area (Å²) in [4.78, 5) is 23.4. The van der Waals surface area contributed by atoms with E-state index < -0.39 is 17.4 Å². The minimum atomic E-state index is -1.12. The normalized spacial score (nSPS) is 10.9. The van der Waals surface area contributed by atoms with Crippen molar-refractivity contribution in [1.29, 1.82) is 0 Å². The van der Waals surface area contributed by atoms with E-state index in [1.54, 1.807) is 32.0 Å². The Morgan fingerprint density at radius 1 is 1.37 bits per heavy atom. The maximum absolute atomic E-state index is 12.2. The van der Waals surface area contributed by atoms with Crippen molar-refractivity contribution in [3.05, 3.63) is 28.8 Å². The van der Waals surface area contributed by atoms with Crippen LogP contribution in [0.4, 0.5) is 5.69 Å². The number of benzene rings is 1. The molecule has 2 amide bonds. The second-order valence-corrected chi connectivity index (χ2v) is 5.10. The molecular formula is C13H18ClN3O2. The summed E-state index contributed by atoms with van der Waals surface area (Å²) in [5.74, 6) is -1.00. The monoisotopic (exact) mass is 283 g/mol. The molecule has 1 aromatic carbocycles. The summed E-state index contributed by atoms with van der Waals surface area (Å²) in [6.07, 6.45) is 0. The molecule has 5 nitrogen and oxygen atoms in total. The lowest BCUT2D eigenvalue weighted by Gasteiger charge is -2.23. The first-order valence-electron chi connectivity index (χ1n) is 5.93.